The second-order valence-electron chi connectivity index (χ2n) is 5.33. The molecular weight excluding hydrogens is 326 g/mol. The van der Waals surface area contributed by atoms with Gasteiger partial charge in [-0.3, -0.25) is 10.1 Å². The molecule has 1 aromatic carbocycles. The third kappa shape index (κ3) is 5.95. The van der Waals surface area contributed by atoms with Crippen molar-refractivity contribution in [2.45, 2.75) is 50.3 Å². The molecule has 0 radical (unpaired) electrons. The van der Waals surface area contributed by atoms with Crippen molar-refractivity contribution < 1.29 is 4.79 Å². The Balaban J connectivity index is 1.88. The average Bonchev–Trinajstić information content (AvgIpc) is 3.01. The lowest BCUT2D eigenvalue weighted by atomic mass is 10.1. The van der Waals surface area contributed by atoms with Gasteiger partial charge >= 0.3 is 0 Å². The molecule has 0 saturated heterocycles. The fourth-order valence-corrected chi connectivity index (χ4v) is 3.90. The summed E-state index contributed by atoms with van der Waals surface area (Å²) in [5, 5.41) is 11.5. The smallest absolute Gasteiger partial charge is 0.257 e. The number of aromatic nitrogens is 2. The van der Waals surface area contributed by atoms with Gasteiger partial charge in [0.1, 0.15) is 0 Å². The van der Waals surface area contributed by atoms with E-state index in [1.807, 2.05) is 24.3 Å². The van der Waals surface area contributed by atoms with Crippen LogP contribution in [0.25, 0.3) is 0 Å². The lowest BCUT2D eigenvalue weighted by Gasteiger charge is -2.03. The maximum Gasteiger partial charge on any atom is 0.257 e. The van der Waals surface area contributed by atoms with Gasteiger partial charge in [0, 0.05) is 11.3 Å². The largest absolute Gasteiger partial charge is 0.296 e. The third-order valence-electron chi connectivity index (χ3n) is 3.39. The number of carbonyl (C=O) groups is 1. The van der Waals surface area contributed by atoms with Gasteiger partial charge in [0.05, 0.1) is 0 Å². The monoisotopic (exact) mass is 349 g/mol. The van der Waals surface area contributed by atoms with Crippen LogP contribution in [0, 0.1) is 0 Å². The van der Waals surface area contributed by atoms with E-state index in [-0.39, 0.29) is 5.91 Å². The standard InChI is InChI=1S/C17H23N3OS2/c1-3-5-7-13-8-10-14(11-9-13)15(21)18-16-19-20-17(23-16)22-12-6-4-2/h8-11H,3-7,12H2,1-2H3,(H,18,19,21). The van der Waals surface area contributed by atoms with E-state index in [2.05, 4.69) is 29.4 Å². The Kier molecular flexibility index (Phi) is 7.55. The summed E-state index contributed by atoms with van der Waals surface area (Å²) in [5.41, 5.74) is 1.93. The molecule has 0 bridgehead atoms. The molecule has 0 spiro atoms. The number of nitrogens with one attached hydrogen (secondary N) is 1. The molecule has 1 aromatic heterocycles. The van der Waals surface area contributed by atoms with Crippen molar-refractivity contribution in [2.75, 3.05) is 11.1 Å². The first-order valence-corrected chi connectivity index (χ1v) is 9.89. The summed E-state index contributed by atoms with van der Waals surface area (Å²) >= 11 is 3.12. The van der Waals surface area contributed by atoms with Crippen LogP contribution in [0.4, 0.5) is 5.13 Å². The second kappa shape index (κ2) is 9.67. The maximum atomic E-state index is 12.2. The van der Waals surface area contributed by atoms with Crippen molar-refractivity contribution in [2.24, 2.45) is 0 Å². The first kappa shape index (κ1) is 17.9. The predicted molar refractivity (Wildman–Crippen MR) is 98.5 cm³/mol. The van der Waals surface area contributed by atoms with Gasteiger partial charge < -0.3 is 0 Å². The predicted octanol–water partition coefficient (Wildman–Crippen LogP) is 5.03. The van der Waals surface area contributed by atoms with Gasteiger partial charge in [-0.25, -0.2) is 0 Å². The van der Waals surface area contributed by atoms with Crippen LogP contribution in [0.3, 0.4) is 0 Å². The zero-order chi connectivity index (χ0) is 16.5. The molecule has 0 atom stereocenters. The highest BCUT2D eigenvalue weighted by atomic mass is 32.2. The minimum atomic E-state index is -0.131. The molecule has 1 N–H and O–H groups in total. The molecule has 4 nitrogen and oxygen atoms in total. The van der Waals surface area contributed by atoms with Gasteiger partial charge in [0.15, 0.2) is 4.34 Å². The first-order chi connectivity index (χ1) is 11.2. The van der Waals surface area contributed by atoms with E-state index in [0.717, 1.165) is 22.9 Å². The summed E-state index contributed by atoms with van der Waals surface area (Å²) in [6, 6.07) is 7.80. The molecule has 0 saturated carbocycles. The number of aryl methyl sites for hydroxylation is 1. The molecule has 1 heterocycles. The second-order valence-corrected chi connectivity index (χ2v) is 7.65. The van der Waals surface area contributed by atoms with E-state index in [0.29, 0.717) is 10.7 Å². The number of benzene rings is 1. The first-order valence-electron chi connectivity index (χ1n) is 8.09. The van der Waals surface area contributed by atoms with Crippen LogP contribution in [0.5, 0.6) is 0 Å². The Bertz CT molecular complexity index is 611. The number of hydrogen-bond donors (Lipinski definition) is 1. The Morgan fingerprint density at radius 3 is 2.57 bits per heavy atom. The zero-order valence-corrected chi connectivity index (χ0v) is 15.3. The highest BCUT2D eigenvalue weighted by molar-refractivity contribution is 8.01. The average molecular weight is 350 g/mol. The highest BCUT2D eigenvalue weighted by Gasteiger charge is 2.10. The van der Waals surface area contributed by atoms with Crippen LogP contribution < -0.4 is 5.32 Å². The fraction of sp³-hybridized carbons (Fsp3) is 0.471. The molecule has 23 heavy (non-hydrogen) atoms. The quantitative estimate of drug-likeness (QED) is 0.392. The van der Waals surface area contributed by atoms with Crippen molar-refractivity contribution in [1.29, 1.82) is 0 Å². The zero-order valence-electron chi connectivity index (χ0n) is 13.7. The van der Waals surface area contributed by atoms with Gasteiger partial charge in [-0.2, -0.15) is 0 Å². The van der Waals surface area contributed by atoms with Gasteiger partial charge in [0.2, 0.25) is 5.13 Å². The van der Waals surface area contributed by atoms with Crippen molar-refractivity contribution in [1.82, 2.24) is 10.2 Å². The molecule has 1 amide bonds. The Morgan fingerprint density at radius 2 is 1.87 bits per heavy atom. The molecule has 0 aliphatic carbocycles. The fourth-order valence-electron chi connectivity index (χ4n) is 2.00. The number of thioether (sulfide) groups is 1. The van der Waals surface area contributed by atoms with E-state index < -0.39 is 0 Å². The van der Waals surface area contributed by atoms with Crippen LogP contribution >= 0.6 is 23.1 Å². The van der Waals surface area contributed by atoms with Crippen molar-refractivity contribution in [3.8, 4) is 0 Å². The summed E-state index contributed by atoms with van der Waals surface area (Å²) in [7, 11) is 0. The summed E-state index contributed by atoms with van der Waals surface area (Å²) in [5.74, 6) is 0.909. The molecule has 0 fully saturated rings. The topological polar surface area (TPSA) is 54.9 Å². The van der Waals surface area contributed by atoms with Crippen LogP contribution in [-0.4, -0.2) is 21.9 Å². The van der Waals surface area contributed by atoms with Crippen LogP contribution in [0.1, 0.15) is 55.5 Å². The molecule has 0 aliphatic rings. The Morgan fingerprint density at radius 1 is 1.13 bits per heavy atom. The van der Waals surface area contributed by atoms with E-state index in [9.17, 15) is 4.79 Å². The lowest BCUT2D eigenvalue weighted by Crippen LogP contribution is -2.11. The lowest BCUT2D eigenvalue weighted by molar-refractivity contribution is 0.102. The minimum absolute atomic E-state index is 0.131. The Labute approximate surface area is 146 Å². The number of hydrogen-bond acceptors (Lipinski definition) is 5. The molecule has 0 unspecified atom stereocenters. The maximum absolute atomic E-state index is 12.2. The van der Waals surface area contributed by atoms with Crippen molar-refractivity contribution in [3.63, 3.8) is 0 Å². The number of anilines is 1. The molecule has 124 valence electrons. The van der Waals surface area contributed by atoms with E-state index >= 15 is 0 Å². The van der Waals surface area contributed by atoms with Gasteiger partial charge in [-0.05, 0) is 37.0 Å². The molecule has 0 aliphatic heterocycles. The normalized spacial score (nSPS) is 10.7. The van der Waals surface area contributed by atoms with Crippen LogP contribution in [0.15, 0.2) is 28.6 Å². The summed E-state index contributed by atoms with van der Waals surface area (Å²) in [4.78, 5) is 12.2. The number of carbonyl (C=O) groups excluding carboxylic acids is 1. The van der Waals surface area contributed by atoms with E-state index in [4.69, 9.17) is 0 Å². The van der Waals surface area contributed by atoms with Crippen molar-refractivity contribution >= 4 is 34.1 Å². The highest BCUT2D eigenvalue weighted by Crippen LogP contribution is 2.26. The van der Waals surface area contributed by atoms with Gasteiger partial charge in [-0.15, -0.1) is 10.2 Å². The summed E-state index contributed by atoms with van der Waals surface area (Å²) < 4.78 is 0.906. The molecular formula is C17H23N3OS2. The van der Waals surface area contributed by atoms with Gasteiger partial charge in [-0.1, -0.05) is 61.9 Å². The van der Waals surface area contributed by atoms with Crippen LogP contribution in [-0.2, 0) is 6.42 Å². The number of amides is 1. The molecule has 2 aromatic rings. The third-order valence-corrected chi connectivity index (χ3v) is 5.44. The van der Waals surface area contributed by atoms with E-state index in [1.54, 1.807) is 11.8 Å². The minimum Gasteiger partial charge on any atom is -0.296 e. The summed E-state index contributed by atoms with van der Waals surface area (Å²) in [6.07, 6.45) is 5.75. The summed E-state index contributed by atoms with van der Waals surface area (Å²) in [6.45, 7) is 4.35. The Hall–Kier alpha value is -1.40. The number of unbranched alkanes of at least 4 members (excludes halogenated alkanes) is 2. The number of rotatable bonds is 9. The van der Waals surface area contributed by atoms with E-state index in [1.165, 1.54) is 36.2 Å². The molecule has 6 heteroatoms. The van der Waals surface area contributed by atoms with Crippen LogP contribution in [0.2, 0.25) is 0 Å². The van der Waals surface area contributed by atoms with Gasteiger partial charge in [0.25, 0.3) is 5.91 Å². The molecule has 2 rings (SSSR count). The number of nitrogens with zero attached hydrogens (tertiary/aromatic N) is 2. The SMILES string of the molecule is CCCCSc1nnc(NC(=O)c2ccc(CCCC)cc2)s1. The van der Waals surface area contributed by atoms with Crippen molar-refractivity contribution in [3.05, 3.63) is 35.4 Å².